The average molecular weight is 1190 g/mol. The number of hydrogen-bond donors (Lipinski definition) is 0. The fourth-order valence-electron chi connectivity index (χ4n) is 15.5. The van der Waals surface area contributed by atoms with E-state index in [0.717, 1.165) is 61.6 Å². The van der Waals surface area contributed by atoms with Crippen LogP contribution in [0.15, 0.2) is 352 Å². The van der Waals surface area contributed by atoms with E-state index >= 15 is 0 Å². The Morgan fingerprint density at radius 3 is 1.15 bits per heavy atom. The lowest BCUT2D eigenvalue weighted by Crippen LogP contribution is -2.60. The Hall–Kier alpha value is -12.2. The first-order valence-corrected chi connectivity index (χ1v) is 32.6. The van der Waals surface area contributed by atoms with Gasteiger partial charge in [-0.2, -0.15) is 0 Å². The molecule has 94 heavy (non-hydrogen) atoms. The van der Waals surface area contributed by atoms with Crippen molar-refractivity contribution in [1.82, 2.24) is 9.13 Å². The third-order valence-electron chi connectivity index (χ3n) is 19.8. The fourth-order valence-corrected chi connectivity index (χ4v) is 15.5. The third-order valence-corrected chi connectivity index (χ3v) is 19.8. The molecule has 0 unspecified atom stereocenters. The van der Waals surface area contributed by atoms with Gasteiger partial charge in [-0.1, -0.05) is 267 Å². The number of rotatable bonds is 10. The molecule has 0 fully saturated rings. The maximum absolute atomic E-state index is 2.66. The van der Waals surface area contributed by atoms with E-state index in [9.17, 15) is 0 Å². The van der Waals surface area contributed by atoms with Crippen molar-refractivity contribution in [2.75, 3.05) is 4.90 Å². The first-order valence-electron chi connectivity index (χ1n) is 32.6. The van der Waals surface area contributed by atoms with E-state index in [0.29, 0.717) is 0 Å². The van der Waals surface area contributed by atoms with Gasteiger partial charge in [0, 0.05) is 55.4 Å². The SMILES string of the molecule is c1ccc(-c2cccc(-c3ccc4c(c3)c3cc(-c5cccc(-c6ccccc6)c5)cc5c3n4-c3cc(-c4ccccc4)cc4c3B5c3cc5c(cc3N4c3cc(-c4ccccc4)ccc3-c3ccccc3)c3cc(-c4ccccc4)ccc3n5-c3ccccc3)c2)cc1. The lowest BCUT2D eigenvalue weighted by Gasteiger charge is -2.41. The normalized spacial score (nSPS) is 12.2. The monoisotopic (exact) mass is 1190 g/mol. The summed E-state index contributed by atoms with van der Waals surface area (Å²) in [5.74, 6) is 0. The van der Waals surface area contributed by atoms with Gasteiger partial charge in [-0.15, -0.1) is 0 Å². The third kappa shape index (κ3) is 8.68. The second-order valence-electron chi connectivity index (χ2n) is 25.1. The molecule has 4 heteroatoms. The van der Waals surface area contributed by atoms with Crippen LogP contribution in [0.25, 0.3) is 144 Å². The van der Waals surface area contributed by atoms with Gasteiger partial charge in [0.15, 0.2) is 0 Å². The highest BCUT2D eigenvalue weighted by Gasteiger charge is 2.44. The Morgan fingerprint density at radius 2 is 0.585 bits per heavy atom. The van der Waals surface area contributed by atoms with E-state index in [1.165, 1.54) is 116 Å². The molecule has 436 valence electrons. The van der Waals surface area contributed by atoms with E-state index in [4.69, 9.17) is 0 Å². The van der Waals surface area contributed by atoms with Gasteiger partial charge < -0.3 is 14.0 Å². The van der Waals surface area contributed by atoms with Crippen molar-refractivity contribution in [1.29, 1.82) is 0 Å². The summed E-state index contributed by atoms with van der Waals surface area (Å²) in [7, 11) is 0. The van der Waals surface area contributed by atoms with Crippen LogP contribution in [-0.4, -0.2) is 15.8 Å². The van der Waals surface area contributed by atoms with Crippen LogP contribution in [0.2, 0.25) is 0 Å². The summed E-state index contributed by atoms with van der Waals surface area (Å²) in [6.45, 7) is -0.219. The minimum atomic E-state index is -0.219. The summed E-state index contributed by atoms with van der Waals surface area (Å²) in [5.41, 5.74) is 33.0. The Morgan fingerprint density at radius 1 is 0.202 bits per heavy atom. The minimum Gasteiger partial charge on any atom is -0.311 e. The smallest absolute Gasteiger partial charge is 0.252 e. The first-order chi connectivity index (χ1) is 46.6. The Labute approximate surface area is 546 Å². The van der Waals surface area contributed by atoms with Gasteiger partial charge in [0.1, 0.15) is 0 Å². The molecule has 4 heterocycles. The number of para-hydroxylation sites is 1. The Balaban J connectivity index is 0.974. The van der Waals surface area contributed by atoms with Crippen LogP contribution in [0.1, 0.15) is 0 Å². The molecule has 15 aromatic carbocycles. The van der Waals surface area contributed by atoms with E-state index in [1.807, 2.05) is 0 Å². The predicted molar refractivity (Wildman–Crippen MR) is 398 cm³/mol. The number of benzene rings is 15. The van der Waals surface area contributed by atoms with E-state index in [1.54, 1.807) is 0 Å². The van der Waals surface area contributed by atoms with Crippen LogP contribution in [0, 0.1) is 0 Å². The zero-order valence-electron chi connectivity index (χ0n) is 51.4. The largest absolute Gasteiger partial charge is 0.311 e. The van der Waals surface area contributed by atoms with Crippen molar-refractivity contribution in [2.45, 2.75) is 0 Å². The molecule has 0 radical (unpaired) electrons. The quantitative estimate of drug-likeness (QED) is 0.124. The van der Waals surface area contributed by atoms with Gasteiger partial charge in [0.2, 0.25) is 0 Å². The van der Waals surface area contributed by atoms with Crippen LogP contribution in [0.4, 0.5) is 17.1 Å². The molecule has 0 bridgehead atoms. The molecule has 2 aromatic heterocycles. The lowest BCUT2D eigenvalue weighted by molar-refractivity contribution is 1.17. The molecule has 0 saturated heterocycles. The summed E-state index contributed by atoms with van der Waals surface area (Å²) < 4.78 is 5.15. The first kappa shape index (κ1) is 53.6. The number of fused-ring (bicyclic) bond motifs is 10. The topological polar surface area (TPSA) is 13.1 Å². The highest BCUT2D eigenvalue weighted by molar-refractivity contribution is 7.00. The summed E-state index contributed by atoms with van der Waals surface area (Å²) >= 11 is 0. The molecule has 3 nitrogen and oxygen atoms in total. The van der Waals surface area contributed by atoms with Crippen molar-refractivity contribution < 1.29 is 0 Å². The number of hydrogen-bond acceptors (Lipinski definition) is 1. The second kappa shape index (κ2) is 21.7. The average Bonchev–Trinajstić information content (AvgIpc) is 1.46. The second-order valence-corrected chi connectivity index (χ2v) is 25.1. The molecule has 17 aromatic rings. The summed E-state index contributed by atoms with van der Waals surface area (Å²) in [6.07, 6.45) is 0. The van der Waals surface area contributed by atoms with Gasteiger partial charge in [-0.3, -0.25) is 0 Å². The lowest BCUT2D eigenvalue weighted by atomic mass is 9.33. The van der Waals surface area contributed by atoms with Gasteiger partial charge in [0.05, 0.1) is 22.2 Å². The van der Waals surface area contributed by atoms with Crippen LogP contribution in [0.3, 0.4) is 0 Å². The molecule has 0 aliphatic carbocycles. The number of anilines is 3. The van der Waals surface area contributed by atoms with Crippen LogP contribution >= 0.6 is 0 Å². The maximum atomic E-state index is 2.66. The van der Waals surface area contributed by atoms with Crippen LogP contribution < -0.4 is 21.3 Å². The van der Waals surface area contributed by atoms with Crippen LogP contribution in [-0.2, 0) is 0 Å². The minimum absolute atomic E-state index is 0.219. The van der Waals surface area contributed by atoms with Gasteiger partial charge in [0.25, 0.3) is 6.71 Å². The summed E-state index contributed by atoms with van der Waals surface area (Å²) in [4.78, 5) is 2.66. The Kier molecular flexibility index (Phi) is 12.4. The van der Waals surface area contributed by atoms with Gasteiger partial charge in [-0.05, 0) is 185 Å². The molecule has 0 N–H and O–H groups in total. The van der Waals surface area contributed by atoms with E-state index in [2.05, 4.69) is 366 Å². The predicted octanol–water partition coefficient (Wildman–Crippen LogP) is 21.8. The van der Waals surface area contributed by atoms with Crippen molar-refractivity contribution in [2.24, 2.45) is 0 Å². The van der Waals surface area contributed by atoms with Crippen molar-refractivity contribution in [3.8, 4) is 100 Å². The highest BCUT2D eigenvalue weighted by Crippen LogP contribution is 2.50. The summed E-state index contributed by atoms with van der Waals surface area (Å²) in [6, 6.07) is 131. The van der Waals surface area contributed by atoms with Crippen molar-refractivity contribution in [3.63, 3.8) is 0 Å². The van der Waals surface area contributed by atoms with E-state index in [-0.39, 0.29) is 6.71 Å². The van der Waals surface area contributed by atoms with Crippen molar-refractivity contribution in [3.05, 3.63) is 352 Å². The standard InChI is InChI=1S/C90H58BN3/c1-8-24-59(25-9-1)65-36-22-38-67(48-65)70-44-47-83-77(51-70)79-52-72(68-39-23-37-66(49-68)60-26-10-2-11-27-60)53-81-90(79)94(83)88-56-73(63-32-16-5-17-33-63)55-87-89(88)91(81)80-58-85-78(76-50-69(61-28-12-3-13-29-61)43-46-82(76)92(85)74-40-20-7-21-41-74)57-86(80)93(87)84-54-71(62-30-14-4-15-31-62)42-45-75(84)64-34-18-6-19-35-64/h1-58H. The number of aromatic nitrogens is 2. The maximum Gasteiger partial charge on any atom is 0.252 e. The highest BCUT2D eigenvalue weighted by atomic mass is 15.2. The van der Waals surface area contributed by atoms with E-state index < -0.39 is 0 Å². The molecule has 2 aliphatic heterocycles. The zero-order valence-corrected chi connectivity index (χ0v) is 51.4. The Bertz CT molecular complexity index is 5820. The fraction of sp³-hybridized carbons (Fsp3) is 0. The molecule has 19 rings (SSSR count). The number of nitrogens with zero attached hydrogens (tertiary/aromatic N) is 3. The summed E-state index contributed by atoms with van der Waals surface area (Å²) in [5, 5.41) is 4.83. The molecule has 0 amide bonds. The van der Waals surface area contributed by atoms with Gasteiger partial charge in [-0.25, -0.2) is 0 Å². The van der Waals surface area contributed by atoms with Gasteiger partial charge >= 0.3 is 0 Å². The molecular weight excluding hydrogens is 1130 g/mol. The molecule has 2 aliphatic rings. The molecule has 0 saturated carbocycles. The molecule has 0 spiro atoms. The zero-order chi connectivity index (χ0) is 61.8. The van der Waals surface area contributed by atoms with Crippen LogP contribution in [0.5, 0.6) is 0 Å². The molecular formula is C90H58BN3. The van der Waals surface area contributed by atoms with Crippen molar-refractivity contribution >= 4 is 83.8 Å². The molecule has 0 atom stereocenters.